The monoisotopic (exact) mass is 270 g/mol. The average Bonchev–Trinajstić information content (AvgIpc) is 2.31. The lowest BCUT2D eigenvalue weighted by atomic mass is 9.78. The second-order valence-corrected chi connectivity index (χ2v) is 6.05. The predicted molar refractivity (Wildman–Crippen MR) is 73.9 cm³/mol. The van der Waals surface area contributed by atoms with Crippen LogP contribution in [0.4, 0.5) is 4.79 Å². The van der Waals surface area contributed by atoms with Crippen molar-refractivity contribution in [1.82, 2.24) is 10.6 Å². The summed E-state index contributed by atoms with van der Waals surface area (Å²) in [6.45, 7) is 7.91. The highest BCUT2D eigenvalue weighted by atomic mass is 16.4. The lowest BCUT2D eigenvalue weighted by Crippen LogP contribution is -2.53. The smallest absolute Gasteiger partial charge is 0.326 e. The molecule has 0 bridgehead atoms. The maximum absolute atomic E-state index is 11.9. The number of hydrogen-bond donors (Lipinski definition) is 3. The van der Waals surface area contributed by atoms with Crippen molar-refractivity contribution in [3.8, 4) is 0 Å². The van der Waals surface area contributed by atoms with Crippen LogP contribution in [0, 0.1) is 17.8 Å². The van der Waals surface area contributed by atoms with E-state index >= 15 is 0 Å². The molecular formula is C14H26N2O3. The van der Waals surface area contributed by atoms with Gasteiger partial charge in [0, 0.05) is 6.04 Å². The highest BCUT2D eigenvalue weighted by molar-refractivity contribution is 5.82. The summed E-state index contributed by atoms with van der Waals surface area (Å²) >= 11 is 0. The number of urea groups is 1. The van der Waals surface area contributed by atoms with E-state index in [9.17, 15) is 9.59 Å². The van der Waals surface area contributed by atoms with Gasteiger partial charge in [-0.25, -0.2) is 9.59 Å². The van der Waals surface area contributed by atoms with Gasteiger partial charge in [-0.1, -0.05) is 40.5 Å². The number of amides is 2. The Labute approximate surface area is 115 Å². The summed E-state index contributed by atoms with van der Waals surface area (Å²) in [7, 11) is 0. The van der Waals surface area contributed by atoms with Crippen LogP contribution < -0.4 is 10.6 Å². The third-order valence-corrected chi connectivity index (χ3v) is 4.24. The van der Waals surface area contributed by atoms with Crippen molar-refractivity contribution in [2.24, 2.45) is 17.8 Å². The van der Waals surface area contributed by atoms with Gasteiger partial charge in [0.15, 0.2) is 0 Å². The van der Waals surface area contributed by atoms with Gasteiger partial charge in [-0.3, -0.25) is 0 Å². The Morgan fingerprint density at radius 3 is 2.37 bits per heavy atom. The van der Waals surface area contributed by atoms with Crippen molar-refractivity contribution < 1.29 is 14.7 Å². The third-order valence-electron chi connectivity index (χ3n) is 4.24. The first kappa shape index (κ1) is 15.8. The molecule has 0 aliphatic heterocycles. The number of rotatable bonds is 4. The van der Waals surface area contributed by atoms with Crippen LogP contribution in [0.25, 0.3) is 0 Å². The summed E-state index contributed by atoms with van der Waals surface area (Å²) < 4.78 is 0. The molecule has 0 spiro atoms. The molecule has 1 aliphatic rings. The minimum absolute atomic E-state index is 0.133. The summed E-state index contributed by atoms with van der Waals surface area (Å²) in [6, 6.07) is -1.06. The van der Waals surface area contributed by atoms with Crippen molar-refractivity contribution in [2.75, 3.05) is 0 Å². The highest BCUT2D eigenvalue weighted by Gasteiger charge is 2.30. The molecular weight excluding hydrogens is 244 g/mol. The molecule has 0 heterocycles. The van der Waals surface area contributed by atoms with Crippen LogP contribution >= 0.6 is 0 Å². The zero-order valence-corrected chi connectivity index (χ0v) is 12.3. The first-order valence-electron chi connectivity index (χ1n) is 7.12. The van der Waals surface area contributed by atoms with E-state index < -0.39 is 12.0 Å². The number of nitrogens with one attached hydrogen (secondary N) is 2. The van der Waals surface area contributed by atoms with Gasteiger partial charge in [0.1, 0.15) is 6.04 Å². The molecule has 4 atom stereocenters. The molecule has 1 saturated carbocycles. The van der Waals surface area contributed by atoms with Crippen LogP contribution in [0.15, 0.2) is 0 Å². The first-order chi connectivity index (χ1) is 8.82. The molecule has 1 rings (SSSR count). The number of carbonyl (C=O) groups is 2. The maximum atomic E-state index is 11.9. The maximum Gasteiger partial charge on any atom is 0.326 e. The molecule has 0 aromatic heterocycles. The van der Waals surface area contributed by atoms with Crippen LogP contribution in [-0.2, 0) is 4.79 Å². The predicted octanol–water partition coefficient (Wildman–Crippen LogP) is 2.22. The lowest BCUT2D eigenvalue weighted by Gasteiger charge is -2.35. The Kier molecular flexibility index (Phi) is 5.63. The van der Waals surface area contributed by atoms with Crippen molar-refractivity contribution in [3.63, 3.8) is 0 Å². The summed E-state index contributed by atoms with van der Waals surface area (Å²) in [5, 5.41) is 14.5. The van der Waals surface area contributed by atoms with Gasteiger partial charge >= 0.3 is 12.0 Å². The standard InChI is InChI=1S/C14H26N2O3/c1-8(2)12(13(17)18)16-14(19)15-11-7-5-6-9(3)10(11)4/h8-12H,5-7H2,1-4H3,(H,17,18)(H2,15,16,19). The van der Waals surface area contributed by atoms with E-state index in [1.807, 2.05) is 0 Å². The minimum Gasteiger partial charge on any atom is -0.480 e. The minimum atomic E-state index is -0.991. The number of carboxylic acid groups (broad SMARTS) is 1. The lowest BCUT2D eigenvalue weighted by molar-refractivity contribution is -0.140. The van der Waals surface area contributed by atoms with E-state index in [1.165, 1.54) is 6.42 Å². The molecule has 2 amide bonds. The Morgan fingerprint density at radius 2 is 1.84 bits per heavy atom. The van der Waals surface area contributed by atoms with E-state index in [0.717, 1.165) is 12.8 Å². The van der Waals surface area contributed by atoms with E-state index in [0.29, 0.717) is 11.8 Å². The second kappa shape index (κ2) is 6.78. The first-order valence-corrected chi connectivity index (χ1v) is 7.12. The summed E-state index contributed by atoms with van der Waals surface area (Å²) in [4.78, 5) is 22.9. The molecule has 110 valence electrons. The molecule has 5 nitrogen and oxygen atoms in total. The number of aliphatic carboxylic acids is 1. The summed E-state index contributed by atoms with van der Waals surface area (Å²) in [6.07, 6.45) is 3.28. The fraction of sp³-hybridized carbons (Fsp3) is 0.857. The average molecular weight is 270 g/mol. The zero-order valence-electron chi connectivity index (χ0n) is 12.3. The molecule has 1 aliphatic carbocycles. The van der Waals surface area contributed by atoms with Crippen LogP contribution in [0.5, 0.6) is 0 Å². The van der Waals surface area contributed by atoms with Gasteiger partial charge in [0.2, 0.25) is 0 Å². The van der Waals surface area contributed by atoms with Gasteiger partial charge < -0.3 is 15.7 Å². The number of hydrogen-bond acceptors (Lipinski definition) is 2. The fourth-order valence-electron chi connectivity index (χ4n) is 2.65. The molecule has 19 heavy (non-hydrogen) atoms. The molecule has 5 heteroatoms. The van der Waals surface area contributed by atoms with Gasteiger partial charge in [-0.05, 0) is 24.2 Å². The Balaban J connectivity index is 2.52. The molecule has 0 aromatic rings. The number of carbonyl (C=O) groups excluding carboxylic acids is 1. The molecule has 4 unspecified atom stereocenters. The molecule has 0 aromatic carbocycles. The van der Waals surface area contributed by atoms with Crippen molar-refractivity contribution in [2.45, 2.75) is 59.0 Å². The van der Waals surface area contributed by atoms with E-state index in [1.54, 1.807) is 13.8 Å². The largest absolute Gasteiger partial charge is 0.480 e. The van der Waals surface area contributed by atoms with Crippen LogP contribution in [-0.4, -0.2) is 29.2 Å². The molecule has 3 N–H and O–H groups in total. The highest BCUT2D eigenvalue weighted by Crippen LogP contribution is 2.29. The van der Waals surface area contributed by atoms with E-state index in [-0.39, 0.29) is 18.0 Å². The van der Waals surface area contributed by atoms with Crippen molar-refractivity contribution in [3.05, 3.63) is 0 Å². The Hall–Kier alpha value is -1.26. The van der Waals surface area contributed by atoms with Crippen LogP contribution in [0.1, 0.15) is 47.0 Å². The molecule has 0 saturated heterocycles. The number of carboxylic acids is 1. The molecule has 1 fully saturated rings. The normalized spacial score (nSPS) is 28.8. The second-order valence-electron chi connectivity index (χ2n) is 6.05. The Bertz CT molecular complexity index is 331. The molecule has 0 radical (unpaired) electrons. The topological polar surface area (TPSA) is 78.4 Å². The van der Waals surface area contributed by atoms with E-state index in [4.69, 9.17) is 5.11 Å². The zero-order chi connectivity index (χ0) is 14.6. The van der Waals surface area contributed by atoms with Crippen LogP contribution in [0.3, 0.4) is 0 Å². The van der Waals surface area contributed by atoms with Gasteiger partial charge in [0.05, 0.1) is 0 Å². The van der Waals surface area contributed by atoms with Gasteiger partial charge in [0.25, 0.3) is 0 Å². The van der Waals surface area contributed by atoms with Crippen molar-refractivity contribution in [1.29, 1.82) is 0 Å². The van der Waals surface area contributed by atoms with E-state index in [2.05, 4.69) is 24.5 Å². The quantitative estimate of drug-likeness (QED) is 0.733. The Morgan fingerprint density at radius 1 is 1.21 bits per heavy atom. The summed E-state index contributed by atoms with van der Waals surface area (Å²) in [5.74, 6) is -0.0950. The van der Waals surface area contributed by atoms with Crippen molar-refractivity contribution >= 4 is 12.0 Å². The fourth-order valence-corrected chi connectivity index (χ4v) is 2.65. The van der Waals surface area contributed by atoms with Crippen LogP contribution in [0.2, 0.25) is 0 Å². The van der Waals surface area contributed by atoms with Gasteiger partial charge in [-0.2, -0.15) is 0 Å². The van der Waals surface area contributed by atoms with Gasteiger partial charge in [-0.15, -0.1) is 0 Å². The summed E-state index contributed by atoms with van der Waals surface area (Å²) in [5.41, 5.74) is 0. The third kappa shape index (κ3) is 4.40. The SMILES string of the molecule is CC(C)C(NC(=O)NC1CCCC(C)C1C)C(=O)O.